The molecule has 0 heterocycles. The van der Waals surface area contributed by atoms with Gasteiger partial charge in [-0.1, -0.05) is 11.6 Å². The van der Waals surface area contributed by atoms with Gasteiger partial charge in [-0.3, -0.25) is 4.55 Å². The van der Waals surface area contributed by atoms with Crippen LogP contribution in [0.4, 0.5) is 35.1 Å². The van der Waals surface area contributed by atoms with Crippen LogP contribution in [0.15, 0.2) is 0 Å². The van der Waals surface area contributed by atoms with Crippen molar-refractivity contribution in [3.63, 3.8) is 0 Å². The molecular weight excluding hydrogens is 316 g/mol. The van der Waals surface area contributed by atoms with Crippen molar-refractivity contribution in [3.8, 4) is 0 Å². The first kappa shape index (κ1) is 16.6. The minimum absolute atomic E-state index is 3.76. The molecule has 0 bridgehead atoms. The summed E-state index contributed by atoms with van der Waals surface area (Å²) in [7, 11) is -6.73. The van der Waals surface area contributed by atoms with Gasteiger partial charge in [0.05, 0.1) is 0 Å². The third kappa shape index (κ3) is 2.29. The van der Waals surface area contributed by atoms with Crippen molar-refractivity contribution in [1.29, 1.82) is 0 Å². The zero-order chi connectivity index (χ0) is 14.5. The fraction of sp³-hybridized carbons (Fsp3) is 1.00. The third-order valence-corrected chi connectivity index (χ3v) is 3.17. The van der Waals surface area contributed by atoms with Crippen LogP contribution in [0.5, 0.6) is 0 Å². The zero-order valence-corrected chi connectivity index (χ0v) is 8.65. The molecule has 0 aromatic heterocycles. The van der Waals surface area contributed by atoms with Gasteiger partial charge >= 0.3 is 32.6 Å². The van der Waals surface area contributed by atoms with Gasteiger partial charge in [-0.2, -0.15) is 43.5 Å². The van der Waals surface area contributed by atoms with Crippen molar-refractivity contribution in [2.24, 2.45) is 0 Å². The fourth-order valence-electron chi connectivity index (χ4n) is 0.523. The largest absolute Gasteiger partial charge is 0.460 e. The lowest BCUT2D eigenvalue weighted by Gasteiger charge is -2.32. The van der Waals surface area contributed by atoms with E-state index in [-0.39, 0.29) is 0 Å². The van der Waals surface area contributed by atoms with E-state index in [1.807, 2.05) is 0 Å². The molecule has 0 saturated heterocycles. The Morgan fingerprint density at radius 1 is 0.824 bits per heavy atom. The average Bonchev–Trinajstić information content (AvgIpc) is 1.98. The zero-order valence-electron chi connectivity index (χ0n) is 7.07. The summed E-state index contributed by atoms with van der Waals surface area (Å²) in [4.78, 5) is 0. The monoisotopic (exact) mass is 316 g/mol. The summed E-state index contributed by atoms with van der Waals surface area (Å²) in [5, 5.41) is 0. The quantitative estimate of drug-likeness (QED) is 0.494. The molecule has 0 fully saturated rings. The summed E-state index contributed by atoms with van der Waals surface area (Å²) in [6, 6.07) is 0. The molecule has 0 rings (SSSR count). The lowest BCUT2D eigenvalue weighted by Crippen LogP contribution is -2.62. The first-order valence-electron chi connectivity index (χ1n) is 3.17. The maximum atomic E-state index is 12.6. The van der Waals surface area contributed by atoms with Gasteiger partial charge in [0.15, 0.2) is 0 Å². The summed E-state index contributed by atoms with van der Waals surface area (Å²) in [5.41, 5.74) is 0. The molecule has 0 aliphatic carbocycles. The summed E-state index contributed by atoms with van der Waals surface area (Å²) in [6.07, 6.45) is -6.98. The lowest BCUT2D eigenvalue weighted by molar-refractivity contribution is -0.363. The predicted molar refractivity (Wildman–Crippen MR) is 37.2 cm³/mol. The van der Waals surface area contributed by atoms with Gasteiger partial charge in [-0.25, -0.2) is 0 Å². The molecule has 0 aliphatic heterocycles. The van der Waals surface area contributed by atoms with Crippen LogP contribution >= 0.6 is 11.6 Å². The van der Waals surface area contributed by atoms with E-state index < -0.39 is 32.6 Å². The van der Waals surface area contributed by atoms with Crippen molar-refractivity contribution in [2.45, 2.75) is 22.5 Å². The molecule has 1 N–H and O–H groups in total. The second kappa shape index (κ2) is 3.82. The van der Waals surface area contributed by atoms with E-state index in [4.69, 9.17) is 4.55 Å². The molecule has 0 aliphatic rings. The van der Waals surface area contributed by atoms with E-state index in [0.717, 1.165) is 0 Å². The van der Waals surface area contributed by atoms with Crippen LogP contribution in [-0.4, -0.2) is 35.5 Å². The topological polar surface area (TPSA) is 54.4 Å². The van der Waals surface area contributed by atoms with Crippen LogP contribution < -0.4 is 0 Å². The van der Waals surface area contributed by atoms with Gasteiger partial charge in [0, 0.05) is 0 Å². The van der Waals surface area contributed by atoms with E-state index in [2.05, 4.69) is 11.6 Å². The molecule has 1 unspecified atom stereocenters. The number of alkyl halides is 9. The molecule has 3 nitrogen and oxygen atoms in total. The normalized spacial score (nSPS) is 18.9. The van der Waals surface area contributed by atoms with Crippen molar-refractivity contribution in [3.05, 3.63) is 0 Å². The Kier molecular flexibility index (Phi) is 3.73. The van der Waals surface area contributed by atoms with E-state index in [9.17, 15) is 43.5 Å². The molecule has 104 valence electrons. The Hall–Kier alpha value is -0.360. The van der Waals surface area contributed by atoms with Crippen LogP contribution in [0, 0.1) is 0 Å². The van der Waals surface area contributed by atoms with Crippen LogP contribution in [-0.2, 0) is 10.1 Å². The maximum absolute atomic E-state index is 12.6. The molecule has 1 atom stereocenters. The smallest absolute Gasteiger partial charge is 0.282 e. The number of halogens is 9. The molecule has 0 amide bonds. The van der Waals surface area contributed by atoms with Gasteiger partial charge in [0.2, 0.25) is 0 Å². The summed E-state index contributed by atoms with van der Waals surface area (Å²) in [6.45, 7) is 0. The van der Waals surface area contributed by atoms with E-state index in [1.165, 1.54) is 0 Å². The molecule has 0 spiro atoms. The first-order valence-corrected chi connectivity index (χ1v) is 4.99. The molecular formula is C4HClF8O3S. The van der Waals surface area contributed by atoms with Crippen LogP contribution in [0.1, 0.15) is 0 Å². The van der Waals surface area contributed by atoms with Crippen LogP contribution in [0.3, 0.4) is 0 Å². The Labute approximate surface area is 93.1 Å². The van der Waals surface area contributed by atoms with E-state index >= 15 is 0 Å². The minimum atomic E-state index is -7.10. The Balaban J connectivity index is 5.91. The molecule has 0 saturated carbocycles. The molecule has 0 radical (unpaired) electrons. The van der Waals surface area contributed by atoms with Gasteiger partial charge in [0.1, 0.15) is 0 Å². The molecule has 13 heteroatoms. The van der Waals surface area contributed by atoms with E-state index in [1.54, 1.807) is 0 Å². The molecule has 17 heavy (non-hydrogen) atoms. The van der Waals surface area contributed by atoms with Crippen molar-refractivity contribution >= 4 is 21.7 Å². The summed E-state index contributed by atoms with van der Waals surface area (Å²) in [5.74, 6) is -14.0. The SMILES string of the molecule is O=S(=O)(O)C(F)(Cl)C(F)(F)C(F)(F)C(F)(F)F. The third-order valence-electron chi connectivity index (χ3n) is 1.44. The van der Waals surface area contributed by atoms with Gasteiger partial charge < -0.3 is 0 Å². The highest BCUT2D eigenvalue weighted by atomic mass is 35.5. The Bertz CT molecular complexity index is 397. The highest BCUT2D eigenvalue weighted by Crippen LogP contribution is 2.55. The summed E-state index contributed by atoms with van der Waals surface area (Å²) >= 11 is 3.76. The number of rotatable bonds is 3. The summed E-state index contributed by atoms with van der Waals surface area (Å²) < 4.78 is 118. The first-order chi connectivity index (χ1) is 7.00. The minimum Gasteiger partial charge on any atom is -0.282 e. The second-order valence-electron chi connectivity index (χ2n) is 2.64. The van der Waals surface area contributed by atoms with Gasteiger partial charge in [-0.05, 0) is 0 Å². The second-order valence-corrected chi connectivity index (χ2v) is 4.90. The van der Waals surface area contributed by atoms with Crippen LogP contribution in [0.2, 0.25) is 0 Å². The van der Waals surface area contributed by atoms with Gasteiger partial charge in [0.25, 0.3) is 0 Å². The maximum Gasteiger partial charge on any atom is 0.460 e. The van der Waals surface area contributed by atoms with Crippen molar-refractivity contribution < 1.29 is 48.1 Å². The average molecular weight is 317 g/mol. The molecule has 0 aromatic rings. The van der Waals surface area contributed by atoms with E-state index in [0.29, 0.717) is 0 Å². The molecule has 0 aromatic carbocycles. The highest BCUT2D eigenvalue weighted by Gasteiger charge is 2.84. The lowest BCUT2D eigenvalue weighted by atomic mass is 10.2. The Morgan fingerprint density at radius 3 is 1.29 bits per heavy atom. The Morgan fingerprint density at radius 2 is 1.12 bits per heavy atom. The van der Waals surface area contributed by atoms with Crippen molar-refractivity contribution in [1.82, 2.24) is 0 Å². The fourth-order valence-corrected chi connectivity index (χ4v) is 1.09. The number of hydrogen-bond donors (Lipinski definition) is 1. The predicted octanol–water partition coefficient (Wildman–Crippen LogP) is 2.57. The standard InChI is InChI=1S/C4HClF8O3S/c5-3(10,17(14,15)16)1(6,7)2(8,9)4(11,12)13/h(H,14,15,16). The van der Waals surface area contributed by atoms with Gasteiger partial charge in [-0.15, -0.1) is 0 Å². The van der Waals surface area contributed by atoms with Crippen LogP contribution in [0.25, 0.3) is 0 Å². The van der Waals surface area contributed by atoms with Crippen molar-refractivity contribution in [2.75, 3.05) is 0 Å². The highest BCUT2D eigenvalue weighted by molar-refractivity contribution is 7.88. The number of hydrogen-bond acceptors (Lipinski definition) is 2.